The van der Waals surface area contributed by atoms with Crippen molar-refractivity contribution in [2.24, 2.45) is 0 Å². The quantitative estimate of drug-likeness (QED) is 0.678. The number of hydrogen-bond acceptors (Lipinski definition) is 2. The lowest BCUT2D eigenvalue weighted by atomic mass is 10.1. The molecular weight excluding hydrogens is 322 g/mol. The molecule has 1 aromatic heterocycles. The van der Waals surface area contributed by atoms with Gasteiger partial charge in [0.15, 0.2) is 0 Å². The zero-order valence-corrected chi connectivity index (χ0v) is 15.1. The van der Waals surface area contributed by atoms with E-state index in [1.54, 1.807) is 0 Å². The molecule has 3 aromatic rings. The number of benzene rings is 2. The van der Waals surface area contributed by atoms with Crippen molar-refractivity contribution in [2.75, 3.05) is 11.4 Å². The normalized spacial score (nSPS) is 17.0. The number of carbonyl (C=O) groups is 1. The summed E-state index contributed by atoms with van der Waals surface area (Å²) in [6.45, 7) is 5.25. The van der Waals surface area contributed by atoms with Crippen molar-refractivity contribution in [3.63, 3.8) is 0 Å². The number of nitrogens with zero attached hydrogens (tertiary/aromatic N) is 3. The SMILES string of the molecule is C#CCn1c([C@@H]2CC(=O)N(c3ccc(C)c(C)c3)C2)nc2ccccc21. The molecule has 0 bridgehead atoms. The summed E-state index contributed by atoms with van der Waals surface area (Å²) in [5, 5.41) is 0. The molecule has 0 spiro atoms. The first-order chi connectivity index (χ1) is 12.6. The van der Waals surface area contributed by atoms with Gasteiger partial charge in [0.05, 0.1) is 17.6 Å². The summed E-state index contributed by atoms with van der Waals surface area (Å²) in [4.78, 5) is 19.4. The number of terminal acetylenes is 1. The van der Waals surface area contributed by atoms with E-state index in [0.29, 0.717) is 19.5 Å². The second kappa shape index (κ2) is 6.34. The number of para-hydroxylation sites is 2. The van der Waals surface area contributed by atoms with Crippen LogP contribution in [0.5, 0.6) is 0 Å². The topological polar surface area (TPSA) is 38.1 Å². The molecule has 2 heterocycles. The van der Waals surface area contributed by atoms with E-state index in [2.05, 4.69) is 36.5 Å². The predicted molar refractivity (Wildman–Crippen MR) is 104 cm³/mol. The molecule has 2 aromatic carbocycles. The van der Waals surface area contributed by atoms with Gasteiger partial charge in [0, 0.05) is 24.6 Å². The Bertz CT molecular complexity index is 1040. The van der Waals surface area contributed by atoms with Gasteiger partial charge in [0.1, 0.15) is 5.82 Å². The third-order valence-electron chi connectivity index (χ3n) is 5.23. The minimum atomic E-state index is 0.0462. The Labute approximate surface area is 153 Å². The van der Waals surface area contributed by atoms with E-state index in [4.69, 9.17) is 11.4 Å². The molecule has 4 heteroatoms. The summed E-state index contributed by atoms with van der Waals surface area (Å²) in [6, 6.07) is 14.2. The molecular formula is C22H21N3O. The maximum Gasteiger partial charge on any atom is 0.227 e. The first kappa shape index (κ1) is 16.4. The first-order valence-corrected chi connectivity index (χ1v) is 8.84. The largest absolute Gasteiger partial charge is 0.316 e. The van der Waals surface area contributed by atoms with Crippen molar-refractivity contribution in [3.05, 3.63) is 59.4 Å². The average Bonchev–Trinajstić information content (AvgIpc) is 3.19. The molecule has 26 heavy (non-hydrogen) atoms. The average molecular weight is 343 g/mol. The highest BCUT2D eigenvalue weighted by atomic mass is 16.2. The number of fused-ring (bicyclic) bond motifs is 1. The number of aromatic nitrogens is 2. The number of rotatable bonds is 3. The number of anilines is 1. The van der Waals surface area contributed by atoms with Gasteiger partial charge in [-0.15, -0.1) is 6.42 Å². The van der Waals surface area contributed by atoms with Gasteiger partial charge < -0.3 is 9.47 Å². The third kappa shape index (κ3) is 2.66. The highest BCUT2D eigenvalue weighted by molar-refractivity contribution is 5.96. The van der Waals surface area contributed by atoms with Crippen molar-refractivity contribution in [1.29, 1.82) is 0 Å². The van der Waals surface area contributed by atoms with Gasteiger partial charge in [0.25, 0.3) is 0 Å². The van der Waals surface area contributed by atoms with Crippen LogP contribution in [-0.4, -0.2) is 22.0 Å². The molecule has 1 amide bonds. The molecule has 0 radical (unpaired) electrons. The predicted octanol–water partition coefficient (Wildman–Crippen LogP) is 3.81. The molecule has 1 saturated heterocycles. The van der Waals surface area contributed by atoms with Crippen LogP contribution in [-0.2, 0) is 11.3 Å². The smallest absolute Gasteiger partial charge is 0.227 e. The standard InChI is InChI=1S/C22H21N3O/c1-4-11-24-20-8-6-5-7-19(20)23-22(24)17-13-21(26)25(14-17)18-10-9-15(2)16(3)12-18/h1,5-10,12,17H,11,13-14H2,2-3H3/t17-/m1/s1. The van der Waals surface area contributed by atoms with Crippen LogP contribution < -0.4 is 4.90 Å². The Morgan fingerprint density at radius 3 is 2.77 bits per heavy atom. The summed E-state index contributed by atoms with van der Waals surface area (Å²) in [5.41, 5.74) is 5.33. The van der Waals surface area contributed by atoms with Crippen molar-refractivity contribution < 1.29 is 4.79 Å². The van der Waals surface area contributed by atoms with Crippen LogP contribution in [0, 0.1) is 26.2 Å². The maximum absolute atomic E-state index is 12.7. The number of carbonyl (C=O) groups excluding carboxylic acids is 1. The lowest BCUT2D eigenvalue weighted by molar-refractivity contribution is -0.117. The molecule has 1 aliphatic rings. The Balaban J connectivity index is 1.71. The van der Waals surface area contributed by atoms with Crippen molar-refractivity contribution in [3.8, 4) is 12.3 Å². The maximum atomic E-state index is 12.7. The van der Waals surface area contributed by atoms with Crippen LogP contribution in [0.3, 0.4) is 0 Å². The van der Waals surface area contributed by atoms with E-state index in [9.17, 15) is 4.79 Å². The zero-order chi connectivity index (χ0) is 18.3. The number of aryl methyl sites for hydroxylation is 2. The molecule has 0 aliphatic carbocycles. The van der Waals surface area contributed by atoms with Gasteiger partial charge >= 0.3 is 0 Å². The molecule has 4 rings (SSSR count). The molecule has 1 atom stereocenters. The Morgan fingerprint density at radius 2 is 2.00 bits per heavy atom. The van der Waals surface area contributed by atoms with Crippen LogP contribution in [0.4, 0.5) is 5.69 Å². The van der Waals surface area contributed by atoms with Crippen molar-refractivity contribution in [2.45, 2.75) is 32.7 Å². The molecule has 0 saturated carbocycles. The second-order valence-corrected chi connectivity index (χ2v) is 6.92. The van der Waals surface area contributed by atoms with Crippen LogP contribution in [0.1, 0.15) is 29.3 Å². The Hall–Kier alpha value is -3.06. The van der Waals surface area contributed by atoms with Gasteiger partial charge in [-0.05, 0) is 49.2 Å². The van der Waals surface area contributed by atoms with E-state index in [1.165, 1.54) is 11.1 Å². The fourth-order valence-electron chi connectivity index (χ4n) is 3.69. The molecule has 0 unspecified atom stereocenters. The first-order valence-electron chi connectivity index (χ1n) is 8.84. The van der Waals surface area contributed by atoms with Crippen molar-refractivity contribution in [1.82, 2.24) is 9.55 Å². The van der Waals surface area contributed by atoms with E-state index in [0.717, 1.165) is 22.5 Å². The lowest BCUT2D eigenvalue weighted by Crippen LogP contribution is -2.24. The summed E-state index contributed by atoms with van der Waals surface area (Å²) < 4.78 is 2.07. The van der Waals surface area contributed by atoms with Gasteiger partial charge in [0.2, 0.25) is 5.91 Å². The molecule has 4 nitrogen and oxygen atoms in total. The molecule has 0 N–H and O–H groups in total. The minimum Gasteiger partial charge on any atom is -0.316 e. The minimum absolute atomic E-state index is 0.0462. The molecule has 1 fully saturated rings. The fourth-order valence-corrected chi connectivity index (χ4v) is 3.69. The van der Waals surface area contributed by atoms with Crippen LogP contribution in [0.2, 0.25) is 0 Å². The van der Waals surface area contributed by atoms with E-state index in [-0.39, 0.29) is 11.8 Å². The fraction of sp³-hybridized carbons (Fsp3) is 0.273. The third-order valence-corrected chi connectivity index (χ3v) is 5.23. The highest BCUT2D eigenvalue weighted by Gasteiger charge is 2.34. The Kier molecular flexibility index (Phi) is 4.00. The summed E-state index contributed by atoms with van der Waals surface area (Å²) in [6.07, 6.45) is 6.04. The molecule has 1 aliphatic heterocycles. The van der Waals surface area contributed by atoms with Crippen LogP contribution in [0.25, 0.3) is 11.0 Å². The molecule has 130 valence electrons. The van der Waals surface area contributed by atoms with Crippen molar-refractivity contribution >= 4 is 22.6 Å². The van der Waals surface area contributed by atoms with E-state index < -0.39 is 0 Å². The summed E-state index contributed by atoms with van der Waals surface area (Å²) in [7, 11) is 0. The van der Waals surface area contributed by atoms with Gasteiger partial charge in [-0.3, -0.25) is 4.79 Å². The lowest BCUT2D eigenvalue weighted by Gasteiger charge is -2.18. The monoisotopic (exact) mass is 343 g/mol. The zero-order valence-electron chi connectivity index (χ0n) is 15.1. The summed E-state index contributed by atoms with van der Waals surface area (Å²) in [5.74, 6) is 3.81. The number of hydrogen-bond donors (Lipinski definition) is 0. The van der Waals surface area contributed by atoms with Crippen LogP contribution in [0.15, 0.2) is 42.5 Å². The highest BCUT2D eigenvalue weighted by Crippen LogP contribution is 2.33. The number of amides is 1. The van der Waals surface area contributed by atoms with Gasteiger partial charge in [-0.1, -0.05) is 24.1 Å². The summed E-state index contributed by atoms with van der Waals surface area (Å²) >= 11 is 0. The Morgan fingerprint density at radius 1 is 1.19 bits per heavy atom. The van der Waals surface area contributed by atoms with Gasteiger partial charge in [-0.2, -0.15) is 0 Å². The second-order valence-electron chi connectivity index (χ2n) is 6.92. The number of imidazole rings is 1. The van der Waals surface area contributed by atoms with E-state index >= 15 is 0 Å². The van der Waals surface area contributed by atoms with E-state index in [1.807, 2.05) is 35.2 Å². The van der Waals surface area contributed by atoms with Gasteiger partial charge in [-0.25, -0.2) is 4.98 Å². The van der Waals surface area contributed by atoms with Crippen LogP contribution >= 0.6 is 0 Å².